The van der Waals surface area contributed by atoms with Crippen molar-refractivity contribution in [3.05, 3.63) is 66.2 Å². The van der Waals surface area contributed by atoms with Crippen LogP contribution in [0.1, 0.15) is 17.9 Å². The van der Waals surface area contributed by atoms with Gasteiger partial charge in [0.15, 0.2) is 0 Å². The molecule has 2 aromatic carbocycles. The zero-order valence-corrected chi connectivity index (χ0v) is 14.9. The number of carbonyl (C=O) groups excluding carboxylic acids is 1. The highest BCUT2D eigenvalue weighted by molar-refractivity contribution is 5.74. The summed E-state index contributed by atoms with van der Waals surface area (Å²) in [6.07, 6.45) is -0.393. The van der Waals surface area contributed by atoms with Gasteiger partial charge in [-0.2, -0.15) is 8.78 Å². The molecule has 0 aliphatic heterocycles. The molecule has 2 heterocycles. The Bertz CT molecular complexity index is 1120. The van der Waals surface area contributed by atoms with Crippen LogP contribution in [0, 0.1) is 0 Å². The number of hydrogen-bond donors (Lipinski definition) is 1. The molecule has 0 fully saturated rings. The Morgan fingerprint density at radius 1 is 1.07 bits per heavy atom. The van der Waals surface area contributed by atoms with Gasteiger partial charge in [0.1, 0.15) is 5.69 Å². The molecule has 0 unspecified atom stereocenters. The number of anilines is 1. The van der Waals surface area contributed by atoms with Gasteiger partial charge in [-0.15, -0.1) is 15.3 Å². The lowest BCUT2D eigenvalue weighted by Crippen LogP contribution is -2.00. The number of nitrogens with one attached hydrogen (secondary N) is 1. The van der Waals surface area contributed by atoms with Crippen molar-refractivity contribution in [3.63, 3.8) is 0 Å². The van der Waals surface area contributed by atoms with E-state index in [1.54, 1.807) is 35.1 Å². The van der Waals surface area contributed by atoms with E-state index >= 15 is 0 Å². The molecule has 0 saturated heterocycles. The third kappa shape index (κ3) is 4.15. The van der Waals surface area contributed by atoms with Gasteiger partial charge < -0.3 is 9.73 Å². The zero-order chi connectivity index (χ0) is 20.2. The van der Waals surface area contributed by atoms with E-state index in [4.69, 9.17) is 4.42 Å². The van der Waals surface area contributed by atoms with E-state index in [2.05, 4.69) is 25.8 Å². The van der Waals surface area contributed by atoms with Crippen LogP contribution >= 0.6 is 0 Å². The number of aromatic nitrogens is 5. The van der Waals surface area contributed by atoms with Crippen LogP contribution in [-0.2, 0) is 11.3 Å². The molecule has 4 aromatic rings. The number of benzene rings is 2. The maximum absolute atomic E-state index is 12.6. The Labute approximate surface area is 163 Å². The average molecular weight is 396 g/mol. The predicted octanol–water partition coefficient (Wildman–Crippen LogP) is 3.55. The van der Waals surface area contributed by atoms with Crippen molar-refractivity contribution in [3.8, 4) is 22.7 Å². The van der Waals surface area contributed by atoms with Gasteiger partial charge in [0.2, 0.25) is 12.3 Å². The van der Waals surface area contributed by atoms with Gasteiger partial charge in [-0.25, -0.2) is 4.68 Å². The molecule has 0 bridgehead atoms. The summed E-state index contributed by atoms with van der Waals surface area (Å²) in [7, 11) is 0. The lowest BCUT2D eigenvalue weighted by atomic mass is 10.1. The second kappa shape index (κ2) is 7.97. The summed E-state index contributed by atoms with van der Waals surface area (Å²) in [5.74, 6) is -0.662. The van der Waals surface area contributed by atoms with E-state index in [0.29, 0.717) is 29.9 Å². The van der Waals surface area contributed by atoms with Gasteiger partial charge in [-0.3, -0.25) is 4.79 Å². The van der Waals surface area contributed by atoms with E-state index in [-0.39, 0.29) is 5.89 Å². The molecule has 0 aliphatic rings. The highest BCUT2D eigenvalue weighted by atomic mass is 19.3. The summed E-state index contributed by atoms with van der Waals surface area (Å²) in [6.45, 7) is 0.464. The molecule has 1 amide bonds. The van der Waals surface area contributed by atoms with Crippen molar-refractivity contribution in [2.45, 2.75) is 13.0 Å². The van der Waals surface area contributed by atoms with Crippen LogP contribution < -0.4 is 5.32 Å². The Morgan fingerprint density at radius 3 is 2.62 bits per heavy atom. The van der Waals surface area contributed by atoms with Crippen molar-refractivity contribution in [2.75, 3.05) is 5.32 Å². The number of nitrogens with zero attached hydrogens (tertiary/aromatic N) is 5. The molecule has 29 heavy (non-hydrogen) atoms. The summed E-state index contributed by atoms with van der Waals surface area (Å²) in [5, 5.41) is 17.8. The molecule has 8 nitrogen and oxygen atoms in total. The fourth-order valence-corrected chi connectivity index (χ4v) is 2.72. The molecule has 1 N–H and O–H groups in total. The van der Waals surface area contributed by atoms with Crippen molar-refractivity contribution in [1.29, 1.82) is 0 Å². The lowest BCUT2D eigenvalue weighted by Gasteiger charge is -2.02. The minimum atomic E-state index is -2.80. The first-order valence-corrected chi connectivity index (χ1v) is 8.54. The minimum absolute atomic E-state index is 0.0405. The smallest absolute Gasteiger partial charge is 0.314 e. The normalized spacial score (nSPS) is 11.0. The third-order valence-electron chi connectivity index (χ3n) is 4.10. The standard InChI is InChI=1S/C19H14F2N6O2/c20-17(21)19-25-24-18(29-19)13-6-4-12(5-7-13)9-27-10-16(23-26-27)14-2-1-3-15(8-14)22-11-28/h1-8,10-11,17H,9H2,(H,22,28). The van der Waals surface area contributed by atoms with Crippen LogP contribution in [0.25, 0.3) is 22.7 Å². The van der Waals surface area contributed by atoms with Gasteiger partial charge >= 0.3 is 6.43 Å². The SMILES string of the molecule is O=CNc1cccc(-c2cn(Cc3ccc(-c4nnc(C(F)F)o4)cc3)nn2)c1. The summed E-state index contributed by atoms with van der Waals surface area (Å²) in [6, 6.07) is 14.3. The molecule has 0 saturated carbocycles. The van der Waals surface area contributed by atoms with Crippen LogP contribution in [0.2, 0.25) is 0 Å². The van der Waals surface area contributed by atoms with Gasteiger partial charge in [-0.1, -0.05) is 29.5 Å². The molecular weight excluding hydrogens is 382 g/mol. The van der Waals surface area contributed by atoms with Crippen molar-refractivity contribution in [1.82, 2.24) is 25.2 Å². The molecule has 0 spiro atoms. The average Bonchev–Trinajstić information content (AvgIpc) is 3.39. The fourth-order valence-electron chi connectivity index (χ4n) is 2.72. The zero-order valence-electron chi connectivity index (χ0n) is 14.9. The Kier molecular flexibility index (Phi) is 5.06. The van der Waals surface area contributed by atoms with Crippen molar-refractivity contribution < 1.29 is 18.0 Å². The van der Waals surface area contributed by atoms with Gasteiger partial charge in [0.05, 0.1) is 12.7 Å². The predicted molar refractivity (Wildman–Crippen MR) is 98.9 cm³/mol. The lowest BCUT2D eigenvalue weighted by molar-refractivity contribution is -0.105. The summed E-state index contributed by atoms with van der Waals surface area (Å²) >= 11 is 0. The second-order valence-corrected chi connectivity index (χ2v) is 6.09. The fraction of sp³-hybridized carbons (Fsp3) is 0.105. The van der Waals surface area contributed by atoms with Crippen LogP contribution in [0.15, 0.2) is 59.1 Å². The number of hydrogen-bond acceptors (Lipinski definition) is 6. The summed E-state index contributed by atoms with van der Waals surface area (Å²) in [5.41, 5.74) is 3.63. The topological polar surface area (TPSA) is 98.7 Å². The maximum atomic E-state index is 12.6. The van der Waals surface area contributed by atoms with E-state index in [0.717, 1.165) is 11.1 Å². The van der Waals surface area contributed by atoms with Crippen LogP contribution in [0.4, 0.5) is 14.5 Å². The molecule has 2 aromatic heterocycles. The van der Waals surface area contributed by atoms with Gasteiger partial charge in [0, 0.05) is 16.8 Å². The highest BCUT2D eigenvalue weighted by Gasteiger charge is 2.16. The van der Waals surface area contributed by atoms with Crippen LogP contribution in [0.5, 0.6) is 0 Å². The molecule has 0 atom stereocenters. The molecule has 0 aliphatic carbocycles. The molecule has 10 heteroatoms. The first-order valence-electron chi connectivity index (χ1n) is 8.54. The van der Waals surface area contributed by atoms with Crippen LogP contribution in [0.3, 0.4) is 0 Å². The highest BCUT2D eigenvalue weighted by Crippen LogP contribution is 2.24. The summed E-state index contributed by atoms with van der Waals surface area (Å²) in [4.78, 5) is 10.6. The van der Waals surface area contributed by atoms with Crippen molar-refractivity contribution in [2.24, 2.45) is 0 Å². The molecule has 146 valence electrons. The number of rotatable bonds is 7. The third-order valence-corrected chi connectivity index (χ3v) is 4.10. The van der Waals surface area contributed by atoms with E-state index in [1.165, 1.54) is 0 Å². The number of carbonyl (C=O) groups is 1. The largest absolute Gasteiger partial charge is 0.415 e. The van der Waals surface area contributed by atoms with Gasteiger partial charge in [-0.05, 0) is 29.8 Å². The first-order chi connectivity index (χ1) is 14.1. The van der Waals surface area contributed by atoms with E-state index in [9.17, 15) is 13.6 Å². The summed E-state index contributed by atoms with van der Waals surface area (Å²) < 4.78 is 31.7. The number of amides is 1. The van der Waals surface area contributed by atoms with Gasteiger partial charge in [0.25, 0.3) is 5.89 Å². The van der Waals surface area contributed by atoms with E-state index < -0.39 is 12.3 Å². The van der Waals surface area contributed by atoms with Crippen LogP contribution in [-0.4, -0.2) is 31.6 Å². The quantitative estimate of drug-likeness (QED) is 0.480. The Hall–Kier alpha value is -3.95. The Balaban J connectivity index is 1.47. The monoisotopic (exact) mass is 396 g/mol. The second-order valence-electron chi connectivity index (χ2n) is 6.09. The minimum Gasteiger partial charge on any atom is -0.415 e. The number of halogens is 2. The van der Waals surface area contributed by atoms with Crippen molar-refractivity contribution >= 4 is 12.1 Å². The molecule has 4 rings (SSSR count). The molecule has 0 radical (unpaired) electrons. The Morgan fingerprint density at radius 2 is 1.90 bits per heavy atom. The van der Waals surface area contributed by atoms with E-state index in [1.807, 2.05) is 24.3 Å². The maximum Gasteiger partial charge on any atom is 0.314 e. The molecular formula is C19H14F2N6O2. The first kappa shape index (κ1) is 18.4. The number of alkyl halides is 2.